The fourth-order valence-electron chi connectivity index (χ4n) is 1.86. The molecule has 0 aromatic rings. The lowest BCUT2D eigenvalue weighted by atomic mass is 9.72. The van der Waals surface area contributed by atoms with Crippen LogP contribution in [0.2, 0.25) is 0 Å². The average Bonchev–Trinajstić information content (AvgIpc) is 1.97. The van der Waals surface area contributed by atoms with Gasteiger partial charge >= 0.3 is 0 Å². The fourth-order valence-corrected chi connectivity index (χ4v) is 1.86. The van der Waals surface area contributed by atoms with E-state index in [9.17, 15) is 10.2 Å². The Morgan fingerprint density at radius 1 is 1.42 bits per heavy atom. The van der Waals surface area contributed by atoms with E-state index in [1.54, 1.807) is 0 Å². The minimum atomic E-state index is -0.619. The molecule has 0 aliphatic heterocycles. The van der Waals surface area contributed by atoms with Crippen molar-refractivity contribution >= 4 is 0 Å². The minimum Gasteiger partial charge on any atom is -0.393 e. The third kappa shape index (κ3) is 1.80. The largest absolute Gasteiger partial charge is 0.393 e. The number of aliphatic hydroxyl groups excluding tert-OH is 1. The van der Waals surface area contributed by atoms with Crippen LogP contribution in [-0.2, 0) is 0 Å². The zero-order valence-corrected chi connectivity index (χ0v) is 8.25. The Kier molecular flexibility index (Phi) is 2.79. The lowest BCUT2D eigenvalue weighted by Gasteiger charge is -2.40. The van der Waals surface area contributed by atoms with Gasteiger partial charge in [0.25, 0.3) is 0 Å². The molecule has 1 aliphatic rings. The molecule has 0 unspecified atom stereocenters. The van der Waals surface area contributed by atoms with Crippen molar-refractivity contribution in [1.29, 1.82) is 0 Å². The van der Waals surface area contributed by atoms with Crippen molar-refractivity contribution in [2.45, 2.75) is 51.7 Å². The van der Waals surface area contributed by atoms with Crippen LogP contribution < -0.4 is 0 Å². The normalized spacial score (nSPS) is 43.5. The first-order chi connectivity index (χ1) is 5.46. The van der Waals surface area contributed by atoms with Gasteiger partial charge in [0.05, 0.1) is 11.7 Å². The molecule has 1 fully saturated rings. The smallest absolute Gasteiger partial charge is 0.0695 e. The second-order valence-electron chi connectivity index (χ2n) is 4.55. The van der Waals surface area contributed by atoms with Crippen LogP contribution in [0.5, 0.6) is 0 Å². The Morgan fingerprint density at radius 3 is 2.42 bits per heavy atom. The first kappa shape index (κ1) is 10.0. The van der Waals surface area contributed by atoms with E-state index in [4.69, 9.17) is 0 Å². The first-order valence-corrected chi connectivity index (χ1v) is 4.86. The summed E-state index contributed by atoms with van der Waals surface area (Å²) >= 11 is 0. The van der Waals surface area contributed by atoms with Gasteiger partial charge in [-0.05, 0) is 24.7 Å². The average molecular weight is 172 g/mol. The molecule has 1 saturated carbocycles. The molecule has 0 saturated heterocycles. The van der Waals surface area contributed by atoms with Crippen molar-refractivity contribution in [3.05, 3.63) is 0 Å². The van der Waals surface area contributed by atoms with Gasteiger partial charge in [0.15, 0.2) is 0 Å². The summed E-state index contributed by atoms with van der Waals surface area (Å²) in [6, 6.07) is 0. The quantitative estimate of drug-likeness (QED) is 0.630. The van der Waals surface area contributed by atoms with Gasteiger partial charge in [0.1, 0.15) is 0 Å². The van der Waals surface area contributed by atoms with E-state index in [1.807, 2.05) is 20.8 Å². The Labute approximate surface area is 74.6 Å². The van der Waals surface area contributed by atoms with E-state index in [1.165, 1.54) is 0 Å². The molecular weight excluding hydrogens is 152 g/mol. The van der Waals surface area contributed by atoms with Crippen LogP contribution in [0.4, 0.5) is 0 Å². The van der Waals surface area contributed by atoms with E-state index >= 15 is 0 Å². The topological polar surface area (TPSA) is 40.5 Å². The Bertz CT molecular complexity index is 156. The highest BCUT2D eigenvalue weighted by Gasteiger charge is 2.39. The third-order valence-corrected chi connectivity index (χ3v) is 3.33. The highest BCUT2D eigenvalue weighted by Crippen LogP contribution is 2.36. The van der Waals surface area contributed by atoms with Gasteiger partial charge in [-0.2, -0.15) is 0 Å². The van der Waals surface area contributed by atoms with Crippen molar-refractivity contribution in [3.8, 4) is 0 Å². The van der Waals surface area contributed by atoms with E-state index in [0.717, 1.165) is 12.8 Å². The molecule has 2 nitrogen and oxygen atoms in total. The summed E-state index contributed by atoms with van der Waals surface area (Å²) in [5, 5.41) is 19.7. The van der Waals surface area contributed by atoms with Crippen molar-refractivity contribution in [2.24, 2.45) is 11.8 Å². The van der Waals surface area contributed by atoms with Gasteiger partial charge in [0, 0.05) is 6.42 Å². The molecule has 0 aromatic heterocycles. The molecule has 0 spiro atoms. The number of rotatable bonds is 1. The maximum Gasteiger partial charge on any atom is 0.0695 e. The predicted molar refractivity (Wildman–Crippen MR) is 48.8 cm³/mol. The minimum absolute atomic E-state index is 0.250. The summed E-state index contributed by atoms with van der Waals surface area (Å²) in [5.41, 5.74) is -0.619. The lowest BCUT2D eigenvalue weighted by molar-refractivity contribution is -0.0932. The molecule has 3 atom stereocenters. The summed E-state index contributed by atoms with van der Waals surface area (Å²) in [4.78, 5) is 0. The van der Waals surface area contributed by atoms with Gasteiger partial charge in [-0.25, -0.2) is 0 Å². The molecule has 0 radical (unpaired) electrons. The maximum absolute atomic E-state index is 10.1. The molecule has 72 valence electrons. The zero-order chi connectivity index (χ0) is 9.35. The Morgan fingerprint density at radius 2 is 2.00 bits per heavy atom. The second kappa shape index (κ2) is 3.35. The van der Waals surface area contributed by atoms with E-state index in [0.29, 0.717) is 12.3 Å². The monoisotopic (exact) mass is 172 g/mol. The van der Waals surface area contributed by atoms with Gasteiger partial charge in [0.2, 0.25) is 0 Å². The van der Waals surface area contributed by atoms with Gasteiger partial charge in [-0.1, -0.05) is 20.8 Å². The molecule has 1 aliphatic carbocycles. The number of hydrogen-bond donors (Lipinski definition) is 2. The highest BCUT2D eigenvalue weighted by atomic mass is 16.3. The fraction of sp³-hybridized carbons (Fsp3) is 1.00. The molecule has 1 rings (SSSR count). The molecule has 2 N–H and O–H groups in total. The maximum atomic E-state index is 10.1. The van der Waals surface area contributed by atoms with Gasteiger partial charge < -0.3 is 10.2 Å². The highest BCUT2D eigenvalue weighted by molar-refractivity contribution is 4.91. The van der Waals surface area contributed by atoms with Crippen molar-refractivity contribution in [1.82, 2.24) is 0 Å². The van der Waals surface area contributed by atoms with Crippen LogP contribution in [0.1, 0.15) is 40.0 Å². The standard InChI is InChI=1S/C10H20O2/c1-7(2)10(12)5-4-8(3)9(11)6-10/h7-9,11-12H,4-6H2,1-3H3/t8-,9+,10-/m1/s1. The second-order valence-corrected chi connectivity index (χ2v) is 4.55. The summed E-state index contributed by atoms with van der Waals surface area (Å²) in [5.74, 6) is 0.601. The van der Waals surface area contributed by atoms with Crippen molar-refractivity contribution in [2.75, 3.05) is 0 Å². The van der Waals surface area contributed by atoms with Crippen LogP contribution in [0.15, 0.2) is 0 Å². The van der Waals surface area contributed by atoms with E-state index < -0.39 is 5.60 Å². The summed E-state index contributed by atoms with van der Waals surface area (Å²) in [6.07, 6.45) is 2.01. The summed E-state index contributed by atoms with van der Waals surface area (Å²) < 4.78 is 0. The number of aliphatic hydroxyl groups is 2. The Hall–Kier alpha value is -0.0800. The molecule has 0 heterocycles. The molecule has 2 heteroatoms. The summed E-state index contributed by atoms with van der Waals surface area (Å²) in [6.45, 7) is 6.08. The molecule has 12 heavy (non-hydrogen) atoms. The first-order valence-electron chi connectivity index (χ1n) is 4.86. The van der Waals surface area contributed by atoms with Crippen LogP contribution >= 0.6 is 0 Å². The zero-order valence-electron chi connectivity index (χ0n) is 8.25. The number of hydrogen-bond acceptors (Lipinski definition) is 2. The third-order valence-electron chi connectivity index (χ3n) is 3.33. The Balaban J connectivity index is 2.60. The molecule has 0 aromatic carbocycles. The van der Waals surface area contributed by atoms with E-state index in [2.05, 4.69) is 0 Å². The van der Waals surface area contributed by atoms with E-state index in [-0.39, 0.29) is 12.0 Å². The van der Waals surface area contributed by atoms with Crippen LogP contribution in [0.3, 0.4) is 0 Å². The predicted octanol–water partition coefficient (Wildman–Crippen LogP) is 1.55. The van der Waals surface area contributed by atoms with Gasteiger partial charge in [-0.15, -0.1) is 0 Å². The van der Waals surface area contributed by atoms with Gasteiger partial charge in [-0.3, -0.25) is 0 Å². The molecule has 0 amide bonds. The molecular formula is C10H20O2. The van der Waals surface area contributed by atoms with Crippen LogP contribution in [0, 0.1) is 11.8 Å². The van der Waals surface area contributed by atoms with Crippen LogP contribution in [-0.4, -0.2) is 21.9 Å². The summed E-state index contributed by atoms with van der Waals surface area (Å²) in [7, 11) is 0. The van der Waals surface area contributed by atoms with Crippen molar-refractivity contribution < 1.29 is 10.2 Å². The SMILES string of the molecule is CC(C)[C@@]1(O)CC[C@@H](C)[C@@H](O)C1. The molecule has 0 bridgehead atoms. The van der Waals surface area contributed by atoms with Crippen LogP contribution in [0.25, 0.3) is 0 Å². The van der Waals surface area contributed by atoms with Crippen molar-refractivity contribution in [3.63, 3.8) is 0 Å². The lowest BCUT2D eigenvalue weighted by Crippen LogP contribution is -2.44.